The van der Waals surface area contributed by atoms with Crippen LogP contribution in [0.4, 0.5) is 0 Å². The highest BCUT2D eigenvalue weighted by Crippen LogP contribution is 2.36. The molecule has 0 radical (unpaired) electrons. The quantitative estimate of drug-likeness (QED) is 0.323. The van der Waals surface area contributed by atoms with Crippen LogP contribution < -0.4 is 5.73 Å². The van der Waals surface area contributed by atoms with Gasteiger partial charge in [-0.15, -0.1) is 5.10 Å². The van der Waals surface area contributed by atoms with Crippen molar-refractivity contribution >= 4 is 17.6 Å². The molecule has 2 rings (SSSR count). The van der Waals surface area contributed by atoms with Crippen LogP contribution in [-0.2, 0) is 0 Å². The molecule has 0 amide bonds. The molecule has 1 fully saturated rings. The first-order valence-corrected chi connectivity index (χ1v) is 6.49. The summed E-state index contributed by atoms with van der Waals surface area (Å²) in [6.07, 6.45) is 5.09. The molecule has 0 unspecified atom stereocenters. The largest absolute Gasteiger partial charge is 0.388 e. The molecule has 3 N–H and O–H groups in total. The van der Waals surface area contributed by atoms with Crippen molar-refractivity contribution in [2.45, 2.75) is 43.3 Å². The number of nitrogens with one attached hydrogen (secondary N) is 1. The van der Waals surface area contributed by atoms with Crippen molar-refractivity contribution in [1.82, 2.24) is 20.2 Å². The summed E-state index contributed by atoms with van der Waals surface area (Å²) in [6.45, 7) is 0. The van der Waals surface area contributed by atoms with Crippen LogP contribution >= 0.6 is 11.8 Å². The number of aromatic nitrogens is 4. The van der Waals surface area contributed by atoms with Crippen LogP contribution in [0.1, 0.15) is 38.1 Å². The Morgan fingerprint density at radius 2 is 2.31 bits per heavy atom. The van der Waals surface area contributed by atoms with E-state index in [0.29, 0.717) is 12.5 Å². The molecule has 1 heterocycles. The average Bonchev–Trinajstić information content (AvgIpc) is 2.98. The third-order valence-electron chi connectivity index (χ3n) is 2.43. The van der Waals surface area contributed by atoms with Crippen LogP contribution in [0, 0.1) is 5.41 Å². The van der Waals surface area contributed by atoms with Gasteiger partial charge in [0.05, 0.1) is 11.9 Å². The standard InChI is InChI=1S/C9H16N6S/c10-8(11)3-1-2-6-16-9-12-13-14-15(9)7-4-5-7/h7H,1-6H2,(H3,10,11). The molecular weight excluding hydrogens is 224 g/mol. The number of hydrogen-bond donors (Lipinski definition) is 2. The molecule has 0 atom stereocenters. The molecule has 1 aromatic rings. The molecule has 0 spiro atoms. The zero-order valence-corrected chi connectivity index (χ0v) is 9.91. The lowest BCUT2D eigenvalue weighted by atomic mass is 10.2. The number of nitrogens with two attached hydrogens (primary N) is 1. The van der Waals surface area contributed by atoms with Crippen LogP contribution in [-0.4, -0.2) is 31.8 Å². The van der Waals surface area contributed by atoms with E-state index in [1.807, 2.05) is 4.68 Å². The Morgan fingerprint density at radius 3 is 3.00 bits per heavy atom. The summed E-state index contributed by atoms with van der Waals surface area (Å²) in [5.41, 5.74) is 5.28. The predicted molar refractivity (Wildman–Crippen MR) is 62.6 cm³/mol. The van der Waals surface area contributed by atoms with Gasteiger partial charge in [-0.3, -0.25) is 5.41 Å². The van der Waals surface area contributed by atoms with Gasteiger partial charge in [0.1, 0.15) is 0 Å². The molecule has 1 aliphatic carbocycles. The number of amidine groups is 1. The number of nitrogens with zero attached hydrogens (tertiary/aromatic N) is 4. The summed E-state index contributed by atoms with van der Waals surface area (Å²) in [7, 11) is 0. The monoisotopic (exact) mass is 240 g/mol. The smallest absolute Gasteiger partial charge is 0.209 e. The van der Waals surface area contributed by atoms with Crippen LogP contribution in [0.15, 0.2) is 5.16 Å². The number of hydrogen-bond acceptors (Lipinski definition) is 5. The maximum Gasteiger partial charge on any atom is 0.209 e. The highest BCUT2D eigenvalue weighted by molar-refractivity contribution is 7.99. The Balaban J connectivity index is 1.68. The summed E-state index contributed by atoms with van der Waals surface area (Å²) in [4.78, 5) is 0. The Hall–Kier alpha value is -1.11. The van der Waals surface area contributed by atoms with Gasteiger partial charge in [-0.1, -0.05) is 11.8 Å². The summed E-state index contributed by atoms with van der Waals surface area (Å²) >= 11 is 1.69. The molecule has 0 aromatic carbocycles. The molecule has 16 heavy (non-hydrogen) atoms. The maximum absolute atomic E-state index is 7.10. The Kier molecular flexibility index (Phi) is 3.76. The van der Waals surface area contributed by atoms with Crippen LogP contribution in [0.2, 0.25) is 0 Å². The summed E-state index contributed by atoms with van der Waals surface area (Å²) in [5.74, 6) is 1.26. The highest BCUT2D eigenvalue weighted by atomic mass is 32.2. The molecule has 7 heteroatoms. The van der Waals surface area contributed by atoms with E-state index >= 15 is 0 Å². The Bertz CT molecular complexity index is 359. The van der Waals surface area contributed by atoms with E-state index in [1.54, 1.807) is 11.8 Å². The van der Waals surface area contributed by atoms with Crippen molar-refractivity contribution in [3.8, 4) is 0 Å². The number of thioether (sulfide) groups is 1. The fourth-order valence-electron chi connectivity index (χ4n) is 1.41. The Labute approximate surface area is 98.5 Å². The van der Waals surface area contributed by atoms with E-state index in [4.69, 9.17) is 11.1 Å². The van der Waals surface area contributed by atoms with Crippen molar-refractivity contribution in [2.24, 2.45) is 5.73 Å². The second-order valence-electron chi connectivity index (χ2n) is 3.97. The van der Waals surface area contributed by atoms with E-state index in [0.717, 1.165) is 23.8 Å². The van der Waals surface area contributed by atoms with Gasteiger partial charge in [0.2, 0.25) is 5.16 Å². The molecule has 6 nitrogen and oxygen atoms in total. The summed E-state index contributed by atoms with van der Waals surface area (Å²) in [6, 6.07) is 0.537. The van der Waals surface area contributed by atoms with E-state index in [9.17, 15) is 0 Å². The first-order valence-electron chi connectivity index (χ1n) is 5.51. The minimum Gasteiger partial charge on any atom is -0.388 e. The number of unbranched alkanes of at least 4 members (excludes halogenated alkanes) is 1. The lowest BCUT2D eigenvalue weighted by Gasteiger charge is -2.01. The van der Waals surface area contributed by atoms with Crippen molar-refractivity contribution in [1.29, 1.82) is 5.41 Å². The third kappa shape index (κ3) is 3.19. The molecule has 0 saturated heterocycles. The van der Waals surface area contributed by atoms with Gasteiger partial charge in [0.25, 0.3) is 0 Å². The summed E-state index contributed by atoms with van der Waals surface area (Å²) in [5, 5.41) is 19.7. The van der Waals surface area contributed by atoms with Crippen molar-refractivity contribution in [3.05, 3.63) is 0 Å². The van der Waals surface area contributed by atoms with E-state index in [1.165, 1.54) is 12.8 Å². The Morgan fingerprint density at radius 1 is 1.50 bits per heavy atom. The minimum atomic E-state index is 0.271. The number of rotatable bonds is 7. The maximum atomic E-state index is 7.10. The topological polar surface area (TPSA) is 93.5 Å². The van der Waals surface area contributed by atoms with Gasteiger partial charge in [-0.25, -0.2) is 4.68 Å². The fourth-order valence-corrected chi connectivity index (χ4v) is 2.35. The van der Waals surface area contributed by atoms with E-state index in [-0.39, 0.29) is 5.84 Å². The van der Waals surface area contributed by atoms with E-state index in [2.05, 4.69) is 15.5 Å². The first-order chi connectivity index (χ1) is 7.77. The first kappa shape index (κ1) is 11.4. The van der Waals surface area contributed by atoms with Crippen LogP contribution in [0.3, 0.4) is 0 Å². The molecule has 1 saturated carbocycles. The third-order valence-corrected chi connectivity index (χ3v) is 3.45. The average molecular weight is 240 g/mol. The molecule has 88 valence electrons. The SMILES string of the molecule is N=C(N)CCCCSc1nnnn1C1CC1. The van der Waals surface area contributed by atoms with Gasteiger partial charge < -0.3 is 5.73 Å². The zero-order chi connectivity index (χ0) is 11.4. The lowest BCUT2D eigenvalue weighted by molar-refractivity contribution is 0.565. The molecule has 0 aliphatic heterocycles. The fraction of sp³-hybridized carbons (Fsp3) is 0.778. The molecule has 0 bridgehead atoms. The predicted octanol–water partition coefficient (Wildman–Crippen LogP) is 1.21. The van der Waals surface area contributed by atoms with Crippen molar-refractivity contribution < 1.29 is 0 Å². The van der Waals surface area contributed by atoms with Gasteiger partial charge in [-0.2, -0.15) is 0 Å². The van der Waals surface area contributed by atoms with Gasteiger partial charge in [-0.05, 0) is 36.1 Å². The van der Waals surface area contributed by atoms with Gasteiger partial charge in [0, 0.05) is 12.2 Å². The second-order valence-corrected chi connectivity index (χ2v) is 5.03. The summed E-state index contributed by atoms with van der Waals surface area (Å²) < 4.78 is 1.93. The molecule has 1 aliphatic rings. The molecule has 1 aromatic heterocycles. The minimum absolute atomic E-state index is 0.271. The van der Waals surface area contributed by atoms with E-state index < -0.39 is 0 Å². The van der Waals surface area contributed by atoms with Gasteiger partial charge >= 0.3 is 0 Å². The lowest BCUT2D eigenvalue weighted by Crippen LogP contribution is -2.08. The highest BCUT2D eigenvalue weighted by Gasteiger charge is 2.27. The van der Waals surface area contributed by atoms with Crippen molar-refractivity contribution in [2.75, 3.05) is 5.75 Å². The number of tetrazole rings is 1. The van der Waals surface area contributed by atoms with Crippen LogP contribution in [0.5, 0.6) is 0 Å². The zero-order valence-electron chi connectivity index (χ0n) is 9.09. The normalized spacial score (nSPS) is 15.2. The van der Waals surface area contributed by atoms with Gasteiger partial charge in [0.15, 0.2) is 0 Å². The second kappa shape index (κ2) is 5.29. The van der Waals surface area contributed by atoms with Crippen molar-refractivity contribution in [3.63, 3.8) is 0 Å². The van der Waals surface area contributed by atoms with Crippen LogP contribution in [0.25, 0.3) is 0 Å². The molecular formula is C9H16N6S.